The molecule has 0 radical (unpaired) electrons. The van der Waals surface area contributed by atoms with Crippen LogP contribution in [0, 0.1) is 0 Å². The minimum Gasteiger partial charge on any atom is -0.466 e. The van der Waals surface area contributed by atoms with Crippen LogP contribution in [0.25, 0.3) is 0 Å². The zero-order valence-electron chi connectivity index (χ0n) is 10.6. The highest BCUT2D eigenvalue weighted by atomic mass is 16.7. The Balaban J connectivity index is 1.94. The van der Waals surface area contributed by atoms with Crippen molar-refractivity contribution in [2.24, 2.45) is 0 Å². The van der Waals surface area contributed by atoms with Gasteiger partial charge in [-0.3, -0.25) is 0 Å². The van der Waals surface area contributed by atoms with Crippen molar-refractivity contribution in [3.05, 3.63) is 35.4 Å². The molecule has 1 aliphatic heterocycles. The molecule has 0 fully saturated rings. The van der Waals surface area contributed by atoms with Crippen molar-refractivity contribution < 1.29 is 19.0 Å². The second kappa shape index (κ2) is 5.58. The van der Waals surface area contributed by atoms with Crippen molar-refractivity contribution >= 4 is 5.97 Å². The molecular formula is C14H16O4. The number of aryl methyl sites for hydroxylation is 1. The molecule has 0 bridgehead atoms. The van der Waals surface area contributed by atoms with E-state index in [-0.39, 0.29) is 5.97 Å². The molecule has 96 valence electrons. The van der Waals surface area contributed by atoms with Crippen LogP contribution in [-0.4, -0.2) is 19.9 Å². The van der Waals surface area contributed by atoms with Crippen LogP contribution in [0.2, 0.25) is 0 Å². The van der Waals surface area contributed by atoms with E-state index in [0.717, 1.165) is 35.5 Å². The number of rotatable bonds is 4. The van der Waals surface area contributed by atoms with Gasteiger partial charge in [0.05, 0.1) is 7.11 Å². The lowest BCUT2D eigenvalue weighted by Crippen LogP contribution is -1.97. The standard InChI is InChI=1S/C14H16O4/c1-10(7-14(15)16-2)3-4-11-5-6-12-13(8-11)18-9-17-12/h5-8H,3-4,9H2,1-2H3/b10-7-. The molecule has 0 saturated carbocycles. The van der Waals surface area contributed by atoms with Crippen LogP contribution < -0.4 is 9.47 Å². The van der Waals surface area contributed by atoms with E-state index in [1.165, 1.54) is 13.2 Å². The number of fused-ring (bicyclic) bond motifs is 1. The largest absolute Gasteiger partial charge is 0.466 e. The average molecular weight is 248 g/mol. The van der Waals surface area contributed by atoms with Crippen LogP contribution in [0.5, 0.6) is 11.5 Å². The Kier molecular flexibility index (Phi) is 3.87. The van der Waals surface area contributed by atoms with Crippen LogP contribution in [0.3, 0.4) is 0 Å². The molecule has 4 heteroatoms. The Morgan fingerprint density at radius 2 is 2.17 bits per heavy atom. The van der Waals surface area contributed by atoms with Gasteiger partial charge in [0.1, 0.15) is 0 Å². The minimum absolute atomic E-state index is 0.292. The summed E-state index contributed by atoms with van der Waals surface area (Å²) in [5.74, 6) is 1.28. The van der Waals surface area contributed by atoms with E-state index in [0.29, 0.717) is 6.79 Å². The van der Waals surface area contributed by atoms with Crippen LogP contribution in [-0.2, 0) is 16.0 Å². The summed E-state index contributed by atoms with van der Waals surface area (Å²) < 4.78 is 15.1. The summed E-state index contributed by atoms with van der Waals surface area (Å²) in [6.07, 6.45) is 3.19. The fourth-order valence-electron chi connectivity index (χ4n) is 1.77. The second-order valence-electron chi connectivity index (χ2n) is 4.20. The molecule has 0 spiro atoms. The predicted molar refractivity (Wildman–Crippen MR) is 66.7 cm³/mol. The van der Waals surface area contributed by atoms with Gasteiger partial charge >= 0.3 is 5.97 Å². The van der Waals surface area contributed by atoms with Crippen molar-refractivity contribution in [3.8, 4) is 11.5 Å². The molecule has 4 nitrogen and oxygen atoms in total. The molecule has 1 aliphatic rings. The summed E-state index contributed by atoms with van der Waals surface area (Å²) in [5, 5.41) is 0. The van der Waals surface area contributed by atoms with Gasteiger partial charge in [-0.25, -0.2) is 4.79 Å². The molecule has 0 amide bonds. The van der Waals surface area contributed by atoms with Gasteiger partial charge in [-0.15, -0.1) is 0 Å². The molecule has 2 rings (SSSR count). The summed E-state index contributed by atoms with van der Waals surface area (Å²) in [6, 6.07) is 5.91. The summed E-state index contributed by atoms with van der Waals surface area (Å²) in [6.45, 7) is 2.21. The maximum absolute atomic E-state index is 11.1. The lowest BCUT2D eigenvalue weighted by molar-refractivity contribution is -0.134. The lowest BCUT2D eigenvalue weighted by Gasteiger charge is -2.03. The third-order valence-corrected chi connectivity index (χ3v) is 2.81. The minimum atomic E-state index is -0.307. The molecule has 0 aliphatic carbocycles. The number of methoxy groups -OCH3 is 1. The Hall–Kier alpha value is -1.97. The zero-order chi connectivity index (χ0) is 13.0. The third kappa shape index (κ3) is 3.03. The maximum atomic E-state index is 11.1. The Morgan fingerprint density at radius 1 is 1.39 bits per heavy atom. The zero-order valence-corrected chi connectivity index (χ0v) is 10.6. The predicted octanol–water partition coefficient (Wildman–Crippen LogP) is 2.47. The molecule has 0 unspecified atom stereocenters. The van der Waals surface area contributed by atoms with E-state index in [4.69, 9.17) is 9.47 Å². The number of ether oxygens (including phenoxy) is 3. The van der Waals surface area contributed by atoms with Gasteiger partial charge < -0.3 is 14.2 Å². The van der Waals surface area contributed by atoms with Crippen molar-refractivity contribution in [1.29, 1.82) is 0 Å². The summed E-state index contributed by atoms with van der Waals surface area (Å²) in [5.41, 5.74) is 2.16. The molecule has 18 heavy (non-hydrogen) atoms. The first kappa shape index (κ1) is 12.5. The van der Waals surface area contributed by atoms with Gasteiger partial charge in [0.15, 0.2) is 11.5 Å². The summed E-state index contributed by atoms with van der Waals surface area (Å²) in [4.78, 5) is 11.1. The van der Waals surface area contributed by atoms with E-state index in [9.17, 15) is 4.79 Å². The molecule has 0 saturated heterocycles. The van der Waals surface area contributed by atoms with Gasteiger partial charge in [-0.2, -0.15) is 0 Å². The fraction of sp³-hybridized carbons (Fsp3) is 0.357. The van der Waals surface area contributed by atoms with Gasteiger partial charge in [0, 0.05) is 6.08 Å². The monoisotopic (exact) mass is 248 g/mol. The molecular weight excluding hydrogens is 232 g/mol. The number of hydrogen-bond donors (Lipinski definition) is 0. The van der Waals surface area contributed by atoms with Crippen molar-refractivity contribution in [2.75, 3.05) is 13.9 Å². The number of carbonyl (C=O) groups is 1. The van der Waals surface area contributed by atoms with E-state index < -0.39 is 0 Å². The quantitative estimate of drug-likeness (QED) is 0.606. The summed E-state index contributed by atoms with van der Waals surface area (Å²) >= 11 is 0. The molecule has 1 heterocycles. The van der Waals surface area contributed by atoms with E-state index in [2.05, 4.69) is 4.74 Å². The molecule has 0 N–H and O–H groups in total. The van der Waals surface area contributed by atoms with Gasteiger partial charge in [0.25, 0.3) is 0 Å². The van der Waals surface area contributed by atoms with E-state index in [1.54, 1.807) is 0 Å². The lowest BCUT2D eigenvalue weighted by atomic mass is 10.0. The van der Waals surface area contributed by atoms with Crippen molar-refractivity contribution in [1.82, 2.24) is 0 Å². The third-order valence-electron chi connectivity index (χ3n) is 2.81. The fourth-order valence-corrected chi connectivity index (χ4v) is 1.77. The summed E-state index contributed by atoms with van der Waals surface area (Å²) in [7, 11) is 1.38. The second-order valence-corrected chi connectivity index (χ2v) is 4.20. The molecule has 1 aromatic carbocycles. The van der Waals surface area contributed by atoms with E-state index in [1.807, 2.05) is 25.1 Å². The van der Waals surface area contributed by atoms with Crippen molar-refractivity contribution in [2.45, 2.75) is 19.8 Å². The molecule has 0 atom stereocenters. The van der Waals surface area contributed by atoms with Gasteiger partial charge in [-0.1, -0.05) is 11.6 Å². The first-order valence-electron chi connectivity index (χ1n) is 5.82. The Bertz CT molecular complexity index is 477. The normalized spacial score (nSPS) is 13.6. The van der Waals surface area contributed by atoms with Crippen LogP contribution in [0.1, 0.15) is 18.9 Å². The highest BCUT2D eigenvalue weighted by Gasteiger charge is 2.12. The number of carbonyl (C=O) groups excluding carboxylic acids is 1. The SMILES string of the molecule is COC(=O)/C=C(/C)CCc1ccc2c(c1)OCO2. The van der Waals surface area contributed by atoms with Crippen molar-refractivity contribution in [3.63, 3.8) is 0 Å². The molecule has 1 aromatic rings. The average Bonchev–Trinajstić information content (AvgIpc) is 2.83. The first-order valence-corrected chi connectivity index (χ1v) is 5.82. The van der Waals surface area contributed by atoms with Crippen LogP contribution in [0.15, 0.2) is 29.8 Å². The Morgan fingerprint density at radius 3 is 2.94 bits per heavy atom. The van der Waals surface area contributed by atoms with Gasteiger partial charge in [0.2, 0.25) is 6.79 Å². The number of hydrogen-bond acceptors (Lipinski definition) is 4. The molecule has 0 aromatic heterocycles. The number of esters is 1. The van der Waals surface area contributed by atoms with Crippen LogP contribution >= 0.6 is 0 Å². The topological polar surface area (TPSA) is 44.8 Å². The Labute approximate surface area is 106 Å². The van der Waals surface area contributed by atoms with Crippen LogP contribution in [0.4, 0.5) is 0 Å². The maximum Gasteiger partial charge on any atom is 0.330 e. The van der Waals surface area contributed by atoms with E-state index >= 15 is 0 Å². The van der Waals surface area contributed by atoms with Gasteiger partial charge in [-0.05, 0) is 37.5 Å². The number of benzene rings is 1. The highest BCUT2D eigenvalue weighted by molar-refractivity contribution is 5.82. The smallest absolute Gasteiger partial charge is 0.330 e. The number of allylic oxidation sites excluding steroid dienone is 1. The first-order chi connectivity index (χ1) is 8.69. The highest BCUT2D eigenvalue weighted by Crippen LogP contribution is 2.32.